The average molecular weight is 285 g/mol. The Hall–Kier alpha value is -1.56. The first-order chi connectivity index (χ1) is 9.13. The molecule has 0 heterocycles. The molecule has 0 saturated heterocycles. The number of carbonyl (C=O) groups excluding carboxylic acids is 2. The van der Waals surface area contributed by atoms with Gasteiger partial charge in [0.15, 0.2) is 0 Å². The standard InChI is InChI=1S/C13H16FNO3S/c1-19-8-7-11(12(14)16)15-13(17)18-9-10-5-3-2-4-6-10/h2-6,11H,7-9H2,1H3,(H,15,17)/t11-/m0/s1. The van der Waals surface area contributed by atoms with Gasteiger partial charge in [-0.1, -0.05) is 30.3 Å². The van der Waals surface area contributed by atoms with Gasteiger partial charge in [0.25, 0.3) is 0 Å². The average Bonchev–Trinajstić information content (AvgIpc) is 2.42. The van der Waals surface area contributed by atoms with Crippen LogP contribution >= 0.6 is 11.8 Å². The molecule has 1 amide bonds. The highest BCUT2D eigenvalue weighted by Gasteiger charge is 2.20. The van der Waals surface area contributed by atoms with Crippen molar-refractivity contribution in [3.63, 3.8) is 0 Å². The van der Waals surface area contributed by atoms with Crippen molar-refractivity contribution < 1.29 is 18.7 Å². The van der Waals surface area contributed by atoms with Crippen LogP contribution in [0.1, 0.15) is 12.0 Å². The van der Waals surface area contributed by atoms with Crippen LogP contribution in [-0.4, -0.2) is 30.2 Å². The Morgan fingerprint density at radius 2 is 2.05 bits per heavy atom. The lowest BCUT2D eigenvalue weighted by atomic mass is 10.2. The summed E-state index contributed by atoms with van der Waals surface area (Å²) in [6, 6.07) is 6.43. The summed E-state index contributed by atoms with van der Waals surface area (Å²) >= 11 is 1.47. The molecule has 104 valence electrons. The fourth-order valence-corrected chi connectivity index (χ4v) is 1.86. The van der Waals surface area contributed by atoms with Crippen molar-refractivity contribution in [2.75, 3.05) is 12.0 Å². The Bertz CT molecular complexity index is 414. The molecule has 0 saturated carbocycles. The maximum atomic E-state index is 12.7. The fraction of sp³-hybridized carbons (Fsp3) is 0.385. The molecule has 0 radical (unpaired) electrons. The quantitative estimate of drug-likeness (QED) is 0.782. The van der Waals surface area contributed by atoms with Crippen LogP contribution < -0.4 is 5.32 Å². The van der Waals surface area contributed by atoms with Crippen molar-refractivity contribution in [3.05, 3.63) is 35.9 Å². The molecule has 1 N–H and O–H groups in total. The molecular weight excluding hydrogens is 269 g/mol. The van der Waals surface area contributed by atoms with Gasteiger partial charge in [-0.25, -0.2) is 4.79 Å². The number of halogens is 1. The van der Waals surface area contributed by atoms with Crippen molar-refractivity contribution in [2.24, 2.45) is 0 Å². The van der Waals surface area contributed by atoms with Crippen LogP contribution in [0, 0.1) is 0 Å². The zero-order valence-electron chi connectivity index (χ0n) is 10.6. The maximum absolute atomic E-state index is 12.7. The van der Waals surface area contributed by atoms with E-state index in [0.29, 0.717) is 5.75 Å². The Kier molecular flexibility index (Phi) is 6.95. The van der Waals surface area contributed by atoms with E-state index in [-0.39, 0.29) is 13.0 Å². The van der Waals surface area contributed by atoms with Gasteiger partial charge >= 0.3 is 12.1 Å². The lowest BCUT2D eigenvalue weighted by Gasteiger charge is -2.13. The summed E-state index contributed by atoms with van der Waals surface area (Å²) in [5, 5.41) is 2.22. The van der Waals surface area contributed by atoms with E-state index in [0.717, 1.165) is 5.56 Å². The molecule has 1 aromatic carbocycles. The minimum Gasteiger partial charge on any atom is -0.445 e. The van der Waals surface area contributed by atoms with E-state index in [1.54, 1.807) is 12.1 Å². The lowest BCUT2D eigenvalue weighted by molar-refractivity contribution is -0.131. The van der Waals surface area contributed by atoms with Crippen LogP contribution in [0.4, 0.5) is 9.18 Å². The van der Waals surface area contributed by atoms with Gasteiger partial charge in [-0.05, 0) is 24.0 Å². The summed E-state index contributed by atoms with van der Waals surface area (Å²) in [6.07, 6.45) is 1.30. The summed E-state index contributed by atoms with van der Waals surface area (Å²) in [5.41, 5.74) is 0.824. The normalized spacial score (nSPS) is 11.7. The van der Waals surface area contributed by atoms with Crippen LogP contribution in [0.15, 0.2) is 30.3 Å². The Morgan fingerprint density at radius 1 is 1.37 bits per heavy atom. The highest BCUT2D eigenvalue weighted by Crippen LogP contribution is 2.04. The molecule has 0 aliphatic carbocycles. The topological polar surface area (TPSA) is 55.4 Å². The molecule has 19 heavy (non-hydrogen) atoms. The summed E-state index contributed by atoms with van der Waals surface area (Å²) in [5.74, 6) is 0.583. The van der Waals surface area contributed by atoms with E-state index in [1.165, 1.54) is 11.8 Å². The molecule has 1 aromatic rings. The Morgan fingerprint density at radius 3 is 2.63 bits per heavy atom. The van der Waals surface area contributed by atoms with Crippen LogP contribution in [0.25, 0.3) is 0 Å². The Labute approximate surface area is 115 Å². The first kappa shape index (κ1) is 15.5. The van der Waals surface area contributed by atoms with Gasteiger partial charge < -0.3 is 10.1 Å². The summed E-state index contributed by atoms with van der Waals surface area (Å²) in [6.45, 7) is 0.0857. The maximum Gasteiger partial charge on any atom is 0.408 e. The van der Waals surface area contributed by atoms with Crippen LogP contribution in [0.2, 0.25) is 0 Å². The second kappa shape index (κ2) is 8.53. The number of rotatable bonds is 7. The van der Waals surface area contributed by atoms with Crippen molar-refractivity contribution in [2.45, 2.75) is 19.1 Å². The number of amides is 1. The second-order valence-corrected chi connectivity index (χ2v) is 4.83. The predicted octanol–water partition coefficient (Wildman–Crippen LogP) is 2.53. The molecule has 0 bridgehead atoms. The number of hydrogen-bond acceptors (Lipinski definition) is 4. The molecule has 0 aliphatic rings. The number of ether oxygens (including phenoxy) is 1. The van der Waals surface area contributed by atoms with Gasteiger partial charge in [-0.2, -0.15) is 16.2 Å². The number of alkyl carbamates (subject to hydrolysis) is 1. The molecule has 1 rings (SSSR count). The monoisotopic (exact) mass is 285 g/mol. The molecular formula is C13H16FNO3S. The van der Waals surface area contributed by atoms with Crippen molar-refractivity contribution in [1.82, 2.24) is 5.32 Å². The van der Waals surface area contributed by atoms with Crippen LogP contribution in [0.3, 0.4) is 0 Å². The molecule has 6 heteroatoms. The van der Waals surface area contributed by atoms with Crippen molar-refractivity contribution >= 4 is 23.9 Å². The van der Waals surface area contributed by atoms with Crippen LogP contribution in [-0.2, 0) is 16.1 Å². The van der Waals surface area contributed by atoms with Gasteiger partial charge in [0.2, 0.25) is 0 Å². The minimum absolute atomic E-state index is 0.0857. The predicted molar refractivity (Wildman–Crippen MR) is 72.7 cm³/mol. The molecule has 1 atom stereocenters. The minimum atomic E-state index is -1.55. The van der Waals surface area contributed by atoms with E-state index in [9.17, 15) is 14.0 Å². The number of benzene rings is 1. The van der Waals surface area contributed by atoms with Gasteiger partial charge in [-0.15, -0.1) is 0 Å². The second-order valence-electron chi connectivity index (χ2n) is 3.84. The van der Waals surface area contributed by atoms with Crippen LogP contribution in [0.5, 0.6) is 0 Å². The lowest BCUT2D eigenvalue weighted by Crippen LogP contribution is -2.39. The largest absolute Gasteiger partial charge is 0.445 e. The van der Waals surface area contributed by atoms with Crippen molar-refractivity contribution in [1.29, 1.82) is 0 Å². The van der Waals surface area contributed by atoms with E-state index < -0.39 is 18.2 Å². The molecule has 0 fully saturated rings. The zero-order chi connectivity index (χ0) is 14.1. The van der Waals surface area contributed by atoms with Gasteiger partial charge in [-0.3, -0.25) is 4.79 Å². The fourth-order valence-electron chi connectivity index (χ4n) is 1.39. The summed E-state index contributed by atoms with van der Waals surface area (Å²) < 4.78 is 17.6. The smallest absolute Gasteiger partial charge is 0.408 e. The summed E-state index contributed by atoms with van der Waals surface area (Å²) in [7, 11) is 0. The first-order valence-corrected chi connectivity index (χ1v) is 7.18. The van der Waals surface area contributed by atoms with E-state index in [2.05, 4.69) is 5.32 Å². The zero-order valence-corrected chi connectivity index (χ0v) is 11.4. The molecule has 0 aromatic heterocycles. The van der Waals surface area contributed by atoms with Gasteiger partial charge in [0, 0.05) is 0 Å². The number of nitrogens with one attached hydrogen (secondary N) is 1. The highest BCUT2D eigenvalue weighted by molar-refractivity contribution is 7.98. The van der Waals surface area contributed by atoms with Crippen molar-refractivity contribution in [3.8, 4) is 0 Å². The third-order valence-electron chi connectivity index (χ3n) is 2.39. The molecule has 4 nitrogen and oxygen atoms in total. The summed E-state index contributed by atoms with van der Waals surface area (Å²) in [4.78, 5) is 22.1. The van der Waals surface area contributed by atoms with Gasteiger partial charge in [0.05, 0.1) is 0 Å². The third-order valence-corrected chi connectivity index (χ3v) is 3.03. The number of hydrogen-bond donors (Lipinski definition) is 1. The van der Waals surface area contributed by atoms with E-state index >= 15 is 0 Å². The van der Waals surface area contributed by atoms with E-state index in [1.807, 2.05) is 24.5 Å². The SMILES string of the molecule is CSCC[C@H](NC(=O)OCc1ccccc1)C(=O)F. The Balaban J connectivity index is 2.38. The molecule has 0 spiro atoms. The van der Waals surface area contributed by atoms with Gasteiger partial charge in [0.1, 0.15) is 12.6 Å². The number of thioether (sulfide) groups is 1. The third kappa shape index (κ3) is 6.24. The molecule has 0 aliphatic heterocycles. The highest BCUT2D eigenvalue weighted by atomic mass is 32.2. The molecule has 0 unspecified atom stereocenters. The first-order valence-electron chi connectivity index (χ1n) is 5.79. The number of carbonyl (C=O) groups is 2. The van der Waals surface area contributed by atoms with E-state index in [4.69, 9.17) is 4.74 Å².